The summed E-state index contributed by atoms with van der Waals surface area (Å²) in [5.41, 5.74) is 7.86. The van der Waals surface area contributed by atoms with Gasteiger partial charge in [-0.3, -0.25) is 20.2 Å². The lowest BCUT2D eigenvalue weighted by atomic mass is 9.92. The minimum Gasteiger partial charge on any atom is -0.480 e. The summed E-state index contributed by atoms with van der Waals surface area (Å²) in [6.45, 7) is 2.12. The van der Waals surface area contributed by atoms with Crippen molar-refractivity contribution >= 4 is 35.1 Å². The van der Waals surface area contributed by atoms with Crippen LogP contribution in [0.15, 0.2) is 84.9 Å². The summed E-state index contributed by atoms with van der Waals surface area (Å²) in [5.74, 6) is -2.46. The number of carboxylic acids is 2. The van der Waals surface area contributed by atoms with Crippen LogP contribution in [0.3, 0.4) is 0 Å². The maximum absolute atomic E-state index is 11.6. The molecular weight excluding hydrogens is 968 g/mol. The topological polar surface area (TPSA) is 297 Å². The molecule has 2 heterocycles. The first kappa shape index (κ1) is 53.1. The molecule has 366 valence electrons. The van der Waals surface area contributed by atoms with E-state index in [2.05, 4.69) is 20.6 Å². The van der Waals surface area contributed by atoms with Crippen molar-refractivity contribution in [1.82, 2.24) is 20.6 Å². The van der Waals surface area contributed by atoms with Crippen LogP contribution in [0.5, 0.6) is 23.5 Å². The van der Waals surface area contributed by atoms with Gasteiger partial charge < -0.3 is 39.4 Å². The van der Waals surface area contributed by atoms with E-state index in [-0.39, 0.29) is 95.3 Å². The second-order valence-corrected chi connectivity index (χ2v) is 16.8. The molecule has 4 aromatic carbocycles. The lowest BCUT2D eigenvalue weighted by Crippen LogP contribution is -2.39. The fourth-order valence-corrected chi connectivity index (χ4v) is 7.74. The predicted octanol–water partition coefficient (Wildman–Crippen LogP) is 6.94. The van der Waals surface area contributed by atoms with Gasteiger partial charge in [-0.15, -0.1) is 0 Å². The Bertz CT molecular complexity index is 2910. The number of aliphatic carboxylic acids is 2. The molecule has 72 heavy (non-hydrogen) atoms. The number of aliphatic hydroxyl groups is 2. The van der Waals surface area contributed by atoms with E-state index in [1.54, 1.807) is 24.3 Å². The van der Waals surface area contributed by atoms with Gasteiger partial charge in [-0.2, -0.15) is 31.0 Å². The molecule has 18 nitrogen and oxygen atoms in total. The van der Waals surface area contributed by atoms with Crippen LogP contribution in [0.25, 0.3) is 11.1 Å². The Kier molecular flexibility index (Phi) is 18.4. The Labute approximate surface area is 423 Å². The minimum atomic E-state index is -1.29. The van der Waals surface area contributed by atoms with E-state index >= 15 is 0 Å². The maximum atomic E-state index is 11.6. The van der Waals surface area contributed by atoms with Crippen molar-refractivity contribution in [3.63, 3.8) is 0 Å². The maximum Gasteiger partial charge on any atom is 0.323 e. The Hall–Kier alpha value is -8.30. The monoisotopic (exact) mass is 1010 g/mol. The second kappa shape index (κ2) is 25.0. The number of pyridine rings is 2. The molecule has 2 unspecified atom stereocenters. The molecule has 0 aliphatic rings. The lowest BCUT2D eigenvalue weighted by molar-refractivity contribution is -0.141. The molecule has 0 aliphatic heterocycles. The average molecular weight is 1010 g/mol. The molecule has 2 atom stereocenters. The number of nitriles is 4. The van der Waals surface area contributed by atoms with Gasteiger partial charge in [0.25, 0.3) is 0 Å². The van der Waals surface area contributed by atoms with Crippen molar-refractivity contribution in [2.45, 2.75) is 65.4 Å². The zero-order valence-corrected chi connectivity index (χ0v) is 40.1. The lowest BCUT2D eigenvalue weighted by Gasteiger charge is -2.19. The molecule has 6 N–H and O–H groups in total. The van der Waals surface area contributed by atoms with Gasteiger partial charge in [-0.1, -0.05) is 59.6 Å². The summed E-state index contributed by atoms with van der Waals surface area (Å²) in [6.07, 6.45) is 0. The number of carboxylic acid groups (broad SMARTS) is 2. The van der Waals surface area contributed by atoms with Crippen LogP contribution in [-0.4, -0.2) is 67.6 Å². The first-order valence-corrected chi connectivity index (χ1v) is 22.5. The van der Waals surface area contributed by atoms with Crippen LogP contribution in [0.2, 0.25) is 10.0 Å². The first-order valence-electron chi connectivity index (χ1n) is 21.8. The number of nitrogens with one attached hydrogen (secondary N) is 2. The minimum absolute atomic E-state index is 0.0112. The van der Waals surface area contributed by atoms with E-state index < -0.39 is 37.2 Å². The molecule has 0 aliphatic carbocycles. The number of halogens is 2. The number of aromatic nitrogens is 2. The van der Waals surface area contributed by atoms with Crippen LogP contribution in [0, 0.1) is 59.2 Å². The highest BCUT2D eigenvalue weighted by Crippen LogP contribution is 2.35. The van der Waals surface area contributed by atoms with Crippen molar-refractivity contribution in [1.29, 1.82) is 21.0 Å². The summed E-state index contributed by atoms with van der Waals surface area (Å²) in [6, 6.07) is 29.1. The SMILES string of the molecule is Cc1c(COc2nc(OCc3cc(C#N)cc(C#N)c3)c(CNC(CO)C(=O)O)cc2Cl)cccc1-c1cccc(COc2nc(OCc3cc(C#N)cc(C#N)c3)c(CNC(CO)C(=O)O)cc2Cl)c1C. The summed E-state index contributed by atoms with van der Waals surface area (Å²) in [5, 5.41) is 81.7. The number of nitrogens with zero attached hydrogens (tertiary/aromatic N) is 6. The van der Waals surface area contributed by atoms with E-state index in [0.29, 0.717) is 22.3 Å². The first-order chi connectivity index (χ1) is 34.7. The van der Waals surface area contributed by atoms with E-state index in [4.69, 9.17) is 42.1 Å². The fourth-order valence-electron chi connectivity index (χ4n) is 7.29. The standard InChI is InChI=1S/C52H44Cl2N8O10/c1-29-37(27-71-49-43(53)15-39(21-59-45(23-63)51(65)66)47(61-49)69-25-35-11-31(17-55)9-32(12-35)18-56)5-3-7-41(29)42-8-4-6-38(30(42)2)28-72-50-44(54)16-40(22-60-46(24-64)52(67)68)48(62-50)70-26-36-13-33(19-57)10-34(14-36)20-58/h3-16,45-46,59-60,63-64H,21-28H2,1-2H3,(H,65,66)(H,67,68). The van der Waals surface area contributed by atoms with E-state index in [0.717, 1.165) is 33.4 Å². The van der Waals surface area contributed by atoms with Crippen LogP contribution in [0.1, 0.15) is 66.8 Å². The largest absolute Gasteiger partial charge is 0.480 e. The zero-order chi connectivity index (χ0) is 51.9. The van der Waals surface area contributed by atoms with Gasteiger partial charge >= 0.3 is 11.9 Å². The molecular formula is C52H44Cl2N8O10. The third-order valence-corrected chi connectivity index (χ3v) is 11.7. The summed E-state index contributed by atoms with van der Waals surface area (Å²) in [4.78, 5) is 32.3. The van der Waals surface area contributed by atoms with Crippen molar-refractivity contribution in [3.05, 3.63) is 162 Å². The Morgan fingerprint density at radius 1 is 0.542 bits per heavy atom. The van der Waals surface area contributed by atoms with Crippen molar-refractivity contribution in [2.24, 2.45) is 0 Å². The molecule has 0 radical (unpaired) electrons. The molecule has 20 heteroatoms. The molecule has 2 aromatic heterocycles. The van der Waals surface area contributed by atoms with Crippen LogP contribution in [0.4, 0.5) is 0 Å². The predicted molar refractivity (Wildman–Crippen MR) is 260 cm³/mol. The number of carbonyl (C=O) groups is 2. The normalized spacial score (nSPS) is 11.5. The number of hydrogen-bond acceptors (Lipinski definition) is 16. The number of rotatable bonds is 23. The van der Waals surface area contributed by atoms with Gasteiger partial charge in [0, 0.05) is 24.2 Å². The van der Waals surface area contributed by atoms with Gasteiger partial charge in [0.15, 0.2) is 0 Å². The highest BCUT2D eigenvalue weighted by Gasteiger charge is 2.22. The van der Waals surface area contributed by atoms with Crippen LogP contribution in [-0.2, 0) is 49.1 Å². The number of aliphatic hydroxyl groups excluding tert-OH is 2. The second-order valence-electron chi connectivity index (χ2n) is 16.0. The van der Waals surface area contributed by atoms with Crippen LogP contribution >= 0.6 is 23.2 Å². The van der Waals surface area contributed by atoms with Crippen LogP contribution < -0.4 is 29.6 Å². The third kappa shape index (κ3) is 13.5. The average Bonchev–Trinajstić information content (AvgIpc) is 3.37. The molecule has 0 spiro atoms. The molecule has 0 saturated carbocycles. The van der Waals surface area contributed by atoms with E-state index in [1.807, 2.05) is 74.5 Å². The number of benzene rings is 4. The van der Waals surface area contributed by atoms with Gasteiger partial charge in [0.1, 0.15) is 48.6 Å². The summed E-state index contributed by atoms with van der Waals surface area (Å²) < 4.78 is 24.5. The van der Waals surface area contributed by atoms with Crippen molar-refractivity contribution in [2.75, 3.05) is 13.2 Å². The van der Waals surface area contributed by atoms with Crippen molar-refractivity contribution in [3.8, 4) is 58.9 Å². The van der Waals surface area contributed by atoms with E-state index in [9.17, 15) is 51.1 Å². The Morgan fingerprint density at radius 3 is 1.21 bits per heavy atom. The molecule has 0 fully saturated rings. The molecule has 6 rings (SSSR count). The fraction of sp³-hybridized carbons (Fsp3) is 0.231. The number of hydrogen-bond donors (Lipinski definition) is 6. The van der Waals surface area contributed by atoms with E-state index in [1.165, 1.54) is 24.3 Å². The summed E-state index contributed by atoms with van der Waals surface area (Å²) >= 11 is 13.4. The number of ether oxygens (including phenoxy) is 4. The van der Waals surface area contributed by atoms with Gasteiger partial charge in [0.05, 0.1) is 59.7 Å². The highest BCUT2D eigenvalue weighted by atomic mass is 35.5. The van der Waals surface area contributed by atoms with Gasteiger partial charge in [-0.25, -0.2) is 0 Å². The molecule has 0 amide bonds. The summed E-state index contributed by atoms with van der Waals surface area (Å²) in [7, 11) is 0. The zero-order valence-electron chi connectivity index (χ0n) is 38.6. The smallest absolute Gasteiger partial charge is 0.323 e. The molecule has 6 aromatic rings. The van der Waals surface area contributed by atoms with Gasteiger partial charge in [0.2, 0.25) is 23.5 Å². The Morgan fingerprint density at radius 2 is 0.889 bits per heavy atom. The van der Waals surface area contributed by atoms with Crippen molar-refractivity contribution < 1.29 is 49.0 Å². The molecule has 0 bridgehead atoms. The Balaban J connectivity index is 1.22. The third-order valence-electron chi connectivity index (χ3n) is 11.2. The quantitative estimate of drug-likeness (QED) is 0.0379. The molecule has 0 saturated heterocycles. The van der Waals surface area contributed by atoms with Gasteiger partial charge in [-0.05, 0) is 107 Å². The highest BCUT2D eigenvalue weighted by molar-refractivity contribution is 6.32.